The first-order valence-electron chi connectivity index (χ1n) is 10.3. The van der Waals surface area contributed by atoms with Gasteiger partial charge in [0.2, 0.25) is 0 Å². The third kappa shape index (κ3) is 3.71. The number of rotatable bonds is 4. The van der Waals surface area contributed by atoms with Crippen molar-refractivity contribution in [2.24, 2.45) is 5.92 Å². The number of thiazole rings is 1. The van der Waals surface area contributed by atoms with E-state index in [1.165, 1.54) is 29.2 Å². The zero-order chi connectivity index (χ0) is 19.8. The van der Waals surface area contributed by atoms with E-state index in [2.05, 4.69) is 41.5 Å². The van der Waals surface area contributed by atoms with Crippen molar-refractivity contribution in [1.82, 2.24) is 9.97 Å². The van der Waals surface area contributed by atoms with Gasteiger partial charge in [0.15, 0.2) is 5.13 Å². The van der Waals surface area contributed by atoms with Crippen LogP contribution in [0.2, 0.25) is 0 Å². The van der Waals surface area contributed by atoms with Gasteiger partial charge in [0.1, 0.15) is 5.82 Å². The van der Waals surface area contributed by atoms with Crippen LogP contribution in [0.25, 0.3) is 21.1 Å². The summed E-state index contributed by atoms with van der Waals surface area (Å²) in [4.78, 5) is 9.12. The first-order chi connectivity index (χ1) is 14.2. The molecule has 1 fully saturated rings. The Hall–Kier alpha value is -2.53. The molecule has 2 aromatic heterocycles. The van der Waals surface area contributed by atoms with E-state index in [0.29, 0.717) is 17.9 Å². The number of benzene rings is 2. The first kappa shape index (κ1) is 18.5. The highest BCUT2D eigenvalue weighted by atomic mass is 32.1. The molecule has 0 aliphatic heterocycles. The van der Waals surface area contributed by atoms with Gasteiger partial charge in [-0.25, -0.2) is 9.37 Å². The smallest absolute Gasteiger partial charge is 0.184 e. The van der Waals surface area contributed by atoms with Gasteiger partial charge in [-0.15, -0.1) is 0 Å². The number of hydrogen-bond donors (Lipinski definition) is 1. The molecule has 5 heteroatoms. The predicted octanol–water partition coefficient (Wildman–Crippen LogP) is 6.76. The van der Waals surface area contributed by atoms with E-state index in [-0.39, 0.29) is 5.82 Å². The highest BCUT2D eigenvalue weighted by Gasteiger charge is 2.27. The summed E-state index contributed by atoms with van der Waals surface area (Å²) in [5, 5.41) is 5.62. The molecule has 3 nitrogen and oxygen atoms in total. The van der Waals surface area contributed by atoms with E-state index >= 15 is 0 Å². The van der Waals surface area contributed by atoms with Gasteiger partial charge < -0.3 is 5.32 Å². The summed E-state index contributed by atoms with van der Waals surface area (Å²) in [5.41, 5.74) is 3.20. The van der Waals surface area contributed by atoms with Gasteiger partial charge in [-0.1, -0.05) is 23.5 Å². The van der Waals surface area contributed by atoms with Crippen LogP contribution in [0.4, 0.5) is 9.52 Å². The molecule has 5 rings (SSSR count). The fraction of sp³-hybridized carbons (Fsp3) is 0.333. The predicted molar refractivity (Wildman–Crippen MR) is 119 cm³/mol. The largest absolute Gasteiger partial charge is 0.359 e. The maximum Gasteiger partial charge on any atom is 0.184 e. The monoisotopic (exact) mass is 405 g/mol. The summed E-state index contributed by atoms with van der Waals surface area (Å²) in [6.07, 6.45) is 6.46. The van der Waals surface area contributed by atoms with E-state index in [1.54, 1.807) is 23.5 Å². The highest BCUT2D eigenvalue weighted by Crippen LogP contribution is 2.40. The second-order valence-electron chi connectivity index (χ2n) is 8.09. The Kier molecular flexibility index (Phi) is 4.92. The molecule has 0 bridgehead atoms. The number of pyridine rings is 1. The van der Waals surface area contributed by atoms with E-state index in [9.17, 15) is 4.39 Å². The molecule has 1 saturated carbocycles. The topological polar surface area (TPSA) is 37.8 Å². The van der Waals surface area contributed by atoms with Gasteiger partial charge in [-0.2, -0.15) is 0 Å². The molecular formula is C24H24FN3S. The molecule has 4 aromatic rings. The molecule has 1 N–H and O–H groups in total. The zero-order valence-electron chi connectivity index (χ0n) is 16.4. The zero-order valence-corrected chi connectivity index (χ0v) is 17.3. The summed E-state index contributed by atoms with van der Waals surface area (Å²) in [6, 6.07) is 15.7. The van der Waals surface area contributed by atoms with Gasteiger partial charge >= 0.3 is 0 Å². The Balaban J connectivity index is 1.27. The lowest BCUT2D eigenvalue weighted by atomic mass is 9.75. The fourth-order valence-electron chi connectivity index (χ4n) is 4.67. The molecular weight excluding hydrogens is 381 g/mol. The molecule has 2 heterocycles. The standard InChI is InChI=1S/C24H24FN3S/c1-15(27-24-28-22-4-2-3-5-23(22)29-24)16-6-8-17(9-7-16)19-12-13-26-21-11-10-18(25)14-20(19)21/h2-5,10-17H,6-9H2,1H3,(H,27,28)/t15-,16?,17?/m1/s1. The van der Waals surface area contributed by atoms with Crippen LogP contribution < -0.4 is 5.32 Å². The van der Waals surface area contributed by atoms with Crippen LogP contribution in [0.15, 0.2) is 54.7 Å². The van der Waals surface area contributed by atoms with E-state index < -0.39 is 0 Å². The van der Waals surface area contributed by atoms with E-state index in [0.717, 1.165) is 34.4 Å². The van der Waals surface area contributed by atoms with Gasteiger partial charge in [0.05, 0.1) is 15.7 Å². The fourth-order valence-corrected chi connectivity index (χ4v) is 5.63. The molecule has 0 radical (unpaired) electrons. The van der Waals surface area contributed by atoms with Crippen LogP contribution in [0.1, 0.15) is 44.1 Å². The van der Waals surface area contributed by atoms with Crippen molar-refractivity contribution in [3.63, 3.8) is 0 Å². The number of nitrogens with one attached hydrogen (secondary N) is 1. The average Bonchev–Trinajstić information content (AvgIpc) is 3.15. The van der Waals surface area contributed by atoms with E-state index in [1.807, 2.05) is 12.3 Å². The van der Waals surface area contributed by atoms with Crippen molar-refractivity contribution >= 4 is 37.6 Å². The maximum atomic E-state index is 13.8. The highest BCUT2D eigenvalue weighted by molar-refractivity contribution is 7.22. The van der Waals surface area contributed by atoms with Crippen LogP contribution in [-0.4, -0.2) is 16.0 Å². The molecule has 1 aliphatic rings. The third-order valence-electron chi connectivity index (χ3n) is 6.30. The van der Waals surface area contributed by atoms with Gasteiger partial charge in [-0.05, 0) is 86.4 Å². The quantitative estimate of drug-likeness (QED) is 0.408. The lowest BCUT2D eigenvalue weighted by Crippen LogP contribution is -2.29. The molecule has 1 atom stereocenters. The minimum absolute atomic E-state index is 0.186. The maximum absolute atomic E-state index is 13.8. The second kappa shape index (κ2) is 7.71. The Morgan fingerprint density at radius 1 is 1.03 bits per heavy atom. The Labute approximate surface area is 174 Å². The molecule has 1 aliphatic carbocycles. The van der Waals surface area contributed by atoms with Crippen molar-refractivity contribution < 1.29 is 4.39 Å². The molecule has 0 amide bonds. The first-order valence-corrected chi connectivity index (χ1v) is 11.2. The Morgan fingerprint density at radius 3 is 2.69 bits per heavy atom. The lowest BCUT2D eigenvalue weighted by Gasteiger charge is -2.33. The van der Waals surface area contributed by atoms with Crippen LogP contribution in [0, 0.1) is 11.7 Å². The molecule has 29 heavy (non-hydrogen) atoms. The van der Waals surface area contributed by atoms with Crippen molar-refractivity contribution in [2.45, 2.75) is 44.6 Å². The number of hydrogen-bond acceptors (Lipinski definition) is 4. The number of aromatic nitrogens is 2. The number of halogens is 1. The number of anilines is 1. The van der Waals surface area contributed by atoms with Crippen molar-refractivity contribution in [2.75, 3.05) is 5.32 Å². The molecule has 2 aromatic carbocycles. The van der Waals surface area contributed by atoms with Crippen LogP contribution in [0.3, 0.4) is 0 Å². The van der Waals surface area contributed by atoms with Gasteiger partial charge in [0.25, 0.3) is 0 Å². The number of para-hydroxylation sites is 1. The lowest BCUT2D eigenvalue weighted by molar-refractivity contribution is 0.302. The van der Waals surface area contributed by atoms with Gasteiger partial charge in [-0.3, -0.25) is 4.98 Å². The molecule has 0 spiro atoms. The minimum atomic E-state index is -0.186. The van der Waals surface area contributed by atoms with E-state index in [4.69, 9.17) is 4.98 Å². The Bertz CT molecular complexity index is 1110. The minimum Gasteiger partial charge on any atom is -0.359 e. The summed E-state index contributed by atoms with van der Waals surface area (Å²) in [6.45, 7) is 2.27. The second-order valence-corrected chi connectivity index (χ2v) is 9.12. The molecule has 0 saturated heterocycles. The van der Waals surface area contributed by atoms with Crippen molar-refractivity contribution in [1.29, 1.82) is 0 Å². The molecule has 0 unspecified atom stereocenters. The third-order valence-corrected chi connectivity index (χ3v) is 7.27. The summed E-state index contributed by atoms with van der Waals surface area (Å²) < 4.78 is 15.0. The van der Waals surface area contributed by atoms with Crippen molar-refractivity contribution in [3.05, 3.63) is 66.1 Å². The SMILES string of the molecule is C[C@@H](Nc1nc2ccccc2s1)C1CCC(c2ccnc3ccc(F)cc23)CC1. The van der Waals surface area contributed by atoms with Crippen molar-refractivity contribution in [3.8, 4) is 0 Å². The van der Waals surface area contributed by atoms with Gasteiger partial charge in [0, 0.05) is 17.6 Å². The summed E-state index contributed by atoms with van der Waals surface area (Å²) in [5.74, 6) is 0.922. The van der Waals surface area contributed by atoms with Crippen LogP contribution >= 0.6 is 11.3 Å². The normalized spacial score (nSPS) is 20.8. The summed E-state index contributed by atoms with van der Waals surface area (Å²) >= 11 is 1.73. The Morgan fingerprint density at radius 2 is 1.86 bits per heavy atom. The van der Waals surface area contributed by atoms with Crippen LogP contribution in [0.5, 0.6) is 0 Å². The van der Waals surface area contributed by atoms with Crippen LogP contribution in [-0.2, 0) is 0 Å². The number of fused-ring (bicyclic) bond motifs is 2. The average molecular weight is 406 g/mol. The molecule has 148 valence electrons. The summed E-state index contributed by atoms with van der Waals surface area (Å²) in [7, 11) is 0. The number of nitrogens with zero attached hydrogens (tertiary/aromatic N) is 2.